The van der Waals surface area contributed by atoms with E-state index < -0.39 is 29.2 Å². The molecule has 1 unspecified atom stereocenters. The van der Waals surface area contributed by atoms with Crippen LogP contribution < -0.4 is 10.2 Å². The number of aromatic nitrogens is 3. The number of carboxylic acids is 1. The number of aliphatic carboxylic acids is 1. The Bertz CT molecular complexity index is 1100. The molecule has 0 saturated carbocycles. The lowest BCUT2D eigenvalue weighted by molar-refractivity contribution is -0.150. The Morgan fingerprint density at radius 3 is 2.87 bits per heavy atom. The van der Waals surface area contributed by atoms with Gasteiger partial charge >= 0.3 is 10.8 Å². The Balaban J connectivity index is 1.43. The highest BCUT2D eigenvalue weighted by molar-refractivity contribution is 8.01. The lowest BCUT2D eigenvalue weighted by Gasteiger charge is -2.49. The molecule has 2 amide bonds. The first-order valence-corrected chi connectivity index (χ1v) is 11.5. The normalized spacial score (nSPS) is 20.7. The van der Waals surface area contributed by atoms with Crippen LogP contribution in [0.15, 0.2) is 31.1 Å². The van der Waals surface area contributed by atoms with Gasteiger partial charge in [0.25, 0.3) is 11.1 Å². The summed E-state index contributed by atoms with van der Waals surface area (Å²) in [6.07, 6.45) is -0.0625. The number of carbonyl (C=O) groups excluding carboxylic acids is 2. The van der Waals surface area contributed by atoms with Crippen molar-refractivity contribution in [2.45, 2.75) is 30.0 Å². The van der Waals surface area contributed by atoms with Crippen LogP contribution in [0, 0.1) is 6.92 Å². The number of nitrogens with one attached hydrogen (secondary N) is 2. The number of rotatable bonds is 7. The van der Waals surface area contributed by atoms with Crippen molar-refractivity contribution in [2.24, 2.45) is 0 Å². The topological polar surface area (TPSA) is 158 Å². The number of thioether (sulfide) groups is 2. The molecule has 11 nitrogen and oxygen atoms in total. The van der Waals surface area contributed by atoms with Gasteiger partial charge in [0.15, 0.2) is 0 Å². The summed E-state index contributed by atoms with van der Waals surface area (Å²) in [4.78, 5) is 51.3. The van der Waals surface area contributed by atoms with Crippen molar-refractivity contribution in [1.82, 2.24) is 25.4 Å². The van der Waals surface area contributed by atoms with Gasteiger partial charge in [0.05, 0.1) is 6.42 Å². The van der Waals surface area contributed by atoms with Crippen molar-refractivity contribution in [1.29, 1.82) is 0 Å². The van der Waals surface area contributed by atoms with Crippen LogP contribution in [0.5, 0.6) is 0 Å². The summed E-state index contributed by atoms with van der Waals surface area (Å²) in [6.45, 7) is 1.66. The minimum absolute atomic E-state index is 0.0625. The smallest absolute Gasteiger partial charge is 0.352 e. The number of carbonyl (C=O) groups is 3. The summed E-state index contributed by atoms with van der Waals surface area (Å²) in [5, 5.41) is 21.3. The molecular weight excluding hydrogens is 454 g/mol. The third-order valence-electron chi connectivity index (χ3n) is 4.37. The Hall–Kier alpha value is -2.58. The molecule has 3 N–H and O–H groups in total. The lowest BCUT2D eigenvalue weighted by Crippen LogP contribution is -2.70. The first-order chi connectivity index (χ1) is 14.3. The maximum absolute atomic E-state index is 12.6. The van der Waals surface area contributed by atoms with E-state index in [0.717, 1.165) is 11.3 Å². The summed E-state index contributed by atoms with van der Waals surface area (Å²) in [5.41, 5.74) is 0.961. The van der Waals surface area contributed by atoms with Gasteiger partial charge in [-0.2, -0.15) is 0 Å². The summed E-state index contributed by atoms with van der Waals surface area (Å²) < 4.78 is 5.28. The third kappa shape index (κ3) is 4.02. The molecule has 0 aromatic carbocycles. The number of carboxylic acid groups (broad SMARTS) is 1. The summed E-state index contributed by atoms with van der Waals surface area (Å²) in [6, 6.07) is -0.810. The van der Waals surface area contributed by atoms with Gasteiger partial charge in [-0.05, 0) is 5.57 Å². The first kappa shape index (κ1) is 20.7. The van der Waals surface area contributed by atoms with Gasteiger partial charge in [-0.15, -0.1) is 22.0 Å². The number of amides is 2. The Kier molecular flexibility index (Phi) is 5.71. The van der Waals surface area contributed by atoms with Crippen molar-refractivity contribution in [2.75, 3.05) is 11.5 Å². The number of H-pyrrole nitrogens is 1. The van der Waals surface area contributed by atoms with Crippen molar-refractivity contribution in [3.63, 3.8) is 0 Å². The molecule has 2 atom stereocenters. The number of aromatic amines is 1. The molecular formula is C16H15N5O6S3. The molecule has 4 rings (SSSR count). The fourth-order valence-corrected chi connectivity index (χ4v) is 5.95. The quantitative estimate of drug-likeness (QED) is 0.378. The standard InChI is InChI=1S/C16H15N5O6S3/c1-6-19-20-16(27-6)30-4-7-3-28-13-10(12(23)21(13)11(7)14(24)25)18-9(22)2-8-5-29-15(26)17-8/h5,10,13H,2-4H2,1H3,(H,17,26)(H,18,22)(H,24,25)/t10?,13-/m1/s1. The second-order valence-electron chi connectivity index (χ2n) is 6.44. The number of nitrogens with zero attached hydrogens (tertiary/aromatic N) is 3. The zero-order valence-corrected chi connectivity index (χ0v) is 17.9. The molecule has 0 bridgehead atoms. The SMILES string of the molecule is Cc1nnc(SCC2=C(C(=O)O)N3C(=O)C(NC(=O)Cc4csc(=O)[nH]4)[C@H]3SC2)o1. The highest BCUT2D eigenvalue weighted by Gasteiger charge is 2.54. The van der Waals surface area contributed by atoms with Gasteiger partial charge in [-0.25, -0.2) is 4.79 Å². The zero-order valence-electron chi connectivity index (χ0n) is 15.4. The number of β-lactam (4-membered cyclic amide) rings is 1. The minimum atomic E-state index is -1.20. The average Bonchev–Trinajstić information content (AvgIpc) is 3.31. The van der Waals surface area contributed by atoms with Crippen molar-refractivity contribution in [3.8, 4) is 0 Å². The molecule has 0 radical (unpaired) electrons. The molecule has 30 heavy (non-hydrogen) atoms. The molecule has 0 spiro atoms. The van der Waals surface area contributed by atoms with Crippen LogP contribution in [0.25, 0.3) is 0 Å². The van der Waals surface area contributed by atoms with Gasteiger partial charge in [-0.3, -0.25) is 19.3 Å². The summed E-state index contributed by atoms with van der Waals surface area (Å²) in [5.74, 6) is -1.02. The van der Waals surface area contributed by atoms with E-state index in [1.807, 2.05) is 0 Å². The Morgan fingerprint density at radius 1 is 1.43 bits per heavy atom. The lowest BCUT2D eigenvalue weighted by atomic mass is 10.0. The van der Waals surface area contributed by atoms with Crippen molar-refractivity contribution in [3.05, 3.63) is 37.9 Å². The molecule has 158 valence electrons. The van der Waals surface area contributed by atoms with E-state index in [2.05, 4.69) is 20.5 Å². The highest BCUT2D eigenvalue weighted by atomic mass is 32.2. The van der Waals surface area contributed by atoms with Crippen LogP contribution in [-0.2, 0) is 20.8 Å². The maximum atomic E-state index is 12.6. The van der Waals surface area contributed by atoms with Gasteiger partial charge < -0.3 is 19.8 Å². The van der Waals surface area contributed by atoms with Crippen LogP contribution in [0.4, 0.5) is 0 Å². The maximum Gasteiger partial charge on any atom is 0.352 e. The first-order valence-electron chi connectivity index (χ1n) is 8.62. The van der Waals surface area contributed by atoms with Gasteiger partial charge in [0, 0.05) is 29.5 Å². The van der Waals surface area contributed by atoms with Crippen LogP contribution >= 0.6 is 34.9 Å². The molecule has 1 saturated heterocycles. The average molecular weight is 470 g/mol. The Labute approximate surface area is 181 Å². The molecule has 1 fully saturated rings. The van der Waals surface area contributed by atoms with E-state index in [-0.39, 0.29) is 22.7 Å². The van der Waals surface area contributed by atoms with Crippen LogP contribution in [0.2, 0.25) is 0 Å². The molecule has 4 heterocycles. The minimum Gasteiger partial charge on any atom is -0.477 e. The second kappa shape index (κ2) is 8.28. The van der Waals surface area contributed by atoms with E-state index in [1.54, 1.807) is 12.3 Å². The molecule has 2 aromatic heterocycles. The van der Waals surface area contributed by atoms with E-state index in [0.29, 0.717) is 28.1 Å². The van der Waals surface area contributed by atoms with Crippen LogP contribution in [-0.4, -0.2) is 65.9 Å². The van der Waals surface area contributed by atoms with E-state index in [4.69, 9.17) is 4.42 Å². The molecule has 2 aliphatic heterocycles. The molecule has 0 aliphatic carbocycles. The summed E-state index contributed by atoms with van der Waals surface area (Å²) in [7, 11) is 0. The van der Waals surface area contributed by atoms with Crippen LogP contribution in [0.3, 0.4) is 0 Å². The fraction of sp³-hybridized carbons (Fsp3) is 0.375. The fourth-order valence-electron chi connectivity index (χ4n) is 3.08. The molecule has 2 aromatic rings. The second-order valence-corrected chi connectivity index (χ2v) is 9.31. The van der Waals surface area contributed by atoms with E-state index in [9.17, 15) is 24.3 Å². The van der Waals surface area contributed by atoms with Gasteiger partial charge in [0.2, 0.25) is 11.8 Å². The third-order valence-corrected chi connectivity index (χ3v) is 7.33. The monoisotopic (exact) mass is 469 g/mol. The predicted molar refractivity (Wildman–Crippen MR) is 108 cm³/mol. The van der Waals surface area contributed by atoms with E-state index in [1.165, 1.54) is 28.4 Å². The largest absolute Gasteiger partial charge is 0.477 e. The molecule has 14 heteroatoms. The van der Waals surface area contributed by atoms with Gasteiger partial charge in [0.1, 0.15) is 17.1 Å². The van der Waals surface area contributed by atoms with Gasteiger partial charge in [-0.1, -0.05) is 23.1 Å². The number of thiazole rings is 1. The van der Waals surface area contributed by atoms with Crippen molar-refractivity contribution >= 4 is 52.6 Å². The predicted octanol–water partition coefficient (Wildman–Crippen LogP) is 0.201. The zero-order chi connectivity index (χ0) is 21.4. The van der Waals surface area contributed by atoms with E-state index >= 15 is 0 Å². The summed E-state index contributed by atoms with van der Waals surface area (Å²) >= 11 is 3.53. The molecule has 2 aliphatic rings. The number of aryl methyl sites for hydroxylation is 1. The number of hydrogen-bond donors (Lipinski definition) is 3. The van der Waals surface area contributed by atoms with Crippen LogP contribution in [0.1, 0.15) is 11.6 Å². The van der Waals surface area contributed by atoms with Crippen molar-refractivity contribution < 1.29 is 23.9 Å². The highest BCUT2D eigenvalue weighted by Crippen LogP contribution is 2.41. The number of fused-ring (bicyclic) bond motifs is 1. The number of hydrogen-bond acceptors (Lipinski definition) is 10. The Morgan fingerprint density at radius 2 is 2.23 bits per heavy atom.